The fourth-order valence-electron chi connectivity index (χ4n) is 3.19. The van der Waals surface area contributed by atoms with E-state index in [4.69, 9.17) is 14.8 Å². The summed E-state index contributed by atoms with van der Waals surface area (Å²) in [6.07, 6.45) is 1.91. The topological polar surface area (TPSA) is 104 Å². The van der Waals surface area contributed by atoms with E-state index in [2.05, 4.69) is 20.6 Å². The van der Waals surface area contributed by atoms with E-state index in [9.17, 15) is 4.79 Å². The van der Waals surface area contributed by atoms with Gasteiger partial charge in [0, 0.05) is 30.5 Å². The van der Waals surface area contributed by atoms with Crippen LogP contribution in [0.25, 0.3) is 16.9 Å². The molecule has 1 unspecified atom stereocenters. The number of aromatic nitrogens is 3. The van der Waals surface area contributed by atoms with E-state index in [1.807, 2.05) is 35.0 Å². The van der Waals surface area contributed by atoms with Crippen molar-refractivity contribution in [1.82, 2.24) is 19.9 Å². The van der Waals surface area contributed by atoms with Gasteiger partial charge < -0.3 is 25.4 Å². The van der Waals surface area contributed by atoms with E-state index < -0.39 is 0 Å². The Bertz CT molecular complexity index is 982. The largest absolute Gasteiger partial charge is 0.394 e. The molecule has 29 heavy (non-hydrogen) atoms. The van der Waals surface area contributed by atoms with Crippen LogP contribution in [-0.2, 0) is 4.74 Å². The Morgan fingerprint density at radius 3 is 2.72 bits per heavy atom. The second-order valence-corrected chi connectivity index (χ2v) is 6.96. The van der Waals surface area contributed by atoms with Crippen LogP contribution in [0, 0.1) is 0 Å². The maximum Gasteiger partial charge on any atom is 0.319 e. The van der Waals surface area contributed by atoms with Gasteiger partial charge in [0.2, 0.25) is 0 Å². The molecular formula is C20H24N6O3. The van der Waals surface area contributed by atoms with Gasteiger partial charge in [0.15, 0.2) is 11.6 Å². The summed E-state index contributed by atoms with van der Waals surface area (Å²) in [5.74, 6) is 1.50. The molecule has 9 nitrogen and oxygen atoms in total. The molecule has 3 heterocycles. The third-order valence-electron chi connectivity index (χ3n) is 4.73. The number of anilines is 2. The normalized spacial score (nSPS) is 15.3. The van der Waals surface area contributed by atoms with Crippen molar-refractivity contribution in [2.45, 2.75) is 13.0 Å². The molecule has 3 N–H and O–H groups in total. The van der Waals surface area contributed by atoms with Crippen molar-refractivity contribution < 1.29 is 14.6 Å². The molecule has 2 aromatic heterocycles. The summed E-state index contributed by atoms with van der Waals surface area (Å²) in [4.78, 5) is 18.9. The Kier molecular flexibility index (Phi) is 5.59. The third-order valence-corrected chi connectivity index (χ3v) is 4.73. The van der Waals surface area contributed by atoms with Crippen LogP contribution < -0.4 is 15.5 Å². The Morgan fingerprint density at radius 2 is 2.00 bits per heavy atom. The number of aliphatic hydroxyl groups is 1. The van der Waals surface area contributed by atoms with Crippen LogP contribution in [-0.4, -0.2) is 64.7 Å². The van der Waals surface area contributed by atoms with Crippen LogP contribution in [0.5, 0.6) is 0 Å². The molecule has 0 spiro atoms. The highest BCUT2D eigenvalue weighted by Crippen LogP contribution is 2.25. The Hall–Kier alpha value is -3.17. The van der Waals surface area contributed by atoms with Gasteiger partial charge in [0.25, 0.3) is 0 Å². The number of fused-ring (bicyclic) bond motifs is 1. The molecular weight excluding hydrogens is 372 g/mol. The van der Waals surface area contributed by atoms with Gasteiger partial charge in [-0.3, -0.25) is 0 Å². The molecule has 2 amide bonds. The zero-order chi connectivity index (χ0) is 20.2. The van der Waals surface area contributed by atoms with Crippen molar-refractivity contribution in [1.29, 1.82) is 0 Å². The molecule has 1 aliphatic heterocycles. The van der Waals surface area contributed by atoms with Gasteiger partial charge in [-0.05, 0) is 43.3 Å². The van der Waals surface area contributed by atoms with Gasteiger partial charge in [0.1, 0.15) is 5.52 Å². The maximum atomic E-state index is 11.9. The quantitative estimate of drug-likeness (QED) is 0.607. The number of urea groups is 1. The molecule has 1 fully saturated rings. The first-order valence-corrected chi connectivity index (χ1v) is 9.61. The second kappa shape index (κ2) is 8.46. The molecule has 152 valence electrons. The van der Waals surface area contributed by atoms with Crippen molar-refractivity contribution >= 4 is 23.1 Å². The zero-order valence-electron chi connectivity index (χ0n) is 16.2. The molecule has 0 radical (unpaired) electrons. The highest BCUT2D eigenvalue weighted by Gasteiger charge is 2.18. The summed E-state index contributed by atoms with van der Waals surface area (Å²) < 4.78 is 7.30. The van der Waals surface area contributed by atoms with Crippen LogP contribution in [0.1, 0.15) is 6.92 Å². The smallest absolute Gasteiger partial charge is 0.319 e. The number of ether oxygens (including phenoxy) is 1. The number of amides is 2. The predicted octanol–water partition coefficient (Wildman–Crippen LogP) is 1.74. The van der Waals surface area contributed by atoms with Crippen LogP contribution in [0.3, 0.4) is 0 Å². The number of morpholine rings is 1. The molecule has 1 aliphatic rings. The minimum Gasteiger partial charge on any atom is -0.394 e. The first-order chi connectivity index (χ1) is 14.1. The minimum absolute atomic E-state index is 0.114. The molecule has 1 atom stereocenters. The molecule has 1 aromatic carbocycles. The van der Waals surface area contributed by atoms with Crippen molar-refractivity contribution in [2.75, 3.05) is 43.1 Å². The average Bonchev–Trinajstić information content (AvgIpc) is 3.23. The number of aliphatic hydroxyl groups excluding tert-OH is 1. The zero-order valence-corrected chi connectivity index (χ0v) is 16.2. The average molecular weight is 396 g/mol. The van der Waals surface area contributed by atoms with Crippen molar-refractivity contribution in [3.63, 3.8) is 0 Å². The van der Waals surface area contributed by atoms with E-state index in [0.29, 0.717) is 24.7 Å². The number of rotatable bonds is 5. The second-order valence-electron chi connectivity index (χ2n) is 6.96. The summed E-state index contributed by atoms with van der Waals surface area (Å²) in [5.41, 5.74) is 2.46. The summed E-state index contributed by atoms with van der Waals surface area (Å²) >= 11 is 0. The fourth-order valence-corrected chi connectivity index (χ4v) is 3.19. The molecule has 3 aromatic rings. The van der Waals surface area contributed by atoms with Gasteiger partial charge >= 0.3 is 6.03 Å². The summed E-state index contributed by atoms with van der Waals surface area (Å²) in [6.45, 7) is 4.57. The van der Waals surface area contributed by atoms with Crippen LogP contribution >= 0.6 is 0 Å². The lowest BCUT2D eigenvalue weighted by Gasteiger charge is -2.28. The van der Waals surface area contributed by atoms with E-state index >= 15 is 0 Å². The van der Waals surface area contributed by atoms with E-state index in [0.717, 1.165) is 30.0 Å². The Morgan fingerprint density at radius 1 is 1.24 bits per heavy atom. The van der Waals surface area contributed by atoms with Crippen molar-refractivity contribution in [3.05, 3.63) is 42.6 Å². The summed E-state index contributed by atoms with van der Waals surface area (Å²) in [5, 5.41) is 19.0. The first-order valence-electron chi connectivity index (χ1n) is 9.61. The number of nitrogens with one attached hydrogen (secondary N) is 2. The third kappa shape index (κ3) is 4.30. The number of benzene rings is 1. The molecule has 1 saturated heterocycles. The van der Waals surface area contributed by atoms with Crippen LogP contribution in [0.2, 0.25) is 0 Å². The lowest BCUT2D eigenvalue weighted by Crippen LogP contribution is -2.38. The highest BCUT2D eigenvalue weighted by molar-refractivity contribution is 5.89. The Labute approximate surface area is 168 Å². The standard InChI is InChI=1S/C20H24N6O3/c1-14(13-27)21-20(28)22-16-6-4-15(5-7-16)18-23-19(25-9-11-29-12-10-25)17-3-2-8-26(17)24-18/h2-8,14,27H,9-13H2,1H3,(H2,21,22,28). The van der Waals surface area contributed by atoms with E-state index in [1.54, 1.807) is 19.1 Å². The molecule has 4 rings (SSSR count). The molecule has 0 saturated carbocycles. The van der Waals surface area contributed by atoms with Gasteiger partial charge in [-0.15, -0.1) is 5.10 Å². The number of carbonyl (C=O) groups is 1. The van der Waals surface area contributed by atoms with Gasteiger partial charge in [-0.1, -0.05) is 0 Å². The molecule has 0 aliphatic carbocycles. The summed E-state index contributed by atoms with van der Waals surface area (Å²) in [6, 6.07) is 10.6. The maximum absolute atomic E-state index is 11.9. The number of hydrogen-bond acceptors (Lipinski definition) is 6. The molecule has 0 bridgehead atoms. The van der Waals surface area contributed by atoms with Gasteiger partial charge in [-0.2, -0.15) is 0 Å². The number of carbonyl (C=O) groups excluding carboxylic acids is 1. The van der Waals surface area contributed by atoms with Crippen LogP contribution in [0.15, 0.2) is 42.6 Å². The number of nitrogens with zero attached hydrogens (tertiary/aromatic N) is 4. The predicted molar refractivity (Wildman–Crippen MR) is 110 cm³/mol. The van der Waals surface area contributed by atoms with Crippen molar-refractivity contribution in [3.8, 4) is 11.4 Å². The number of hydrogen-bond donors (Lipinski definition) is 3. The summed E-state index contributed by atoms with van der Waals surface area (Å²) in [7, 11) is 0. The Balaban J connectivity index is 1.57. The lowest BCUT2D eigenvalue weighted by molar-refractivity contribution is 0.122. The van der Waals surface area contributed by atoms with Gasteiger partial charge in [-0.25, -0.2) is 14.3 Å². The minimum atomic E-state index is -0.362. The van der Waals surface area contributed by atoms with Crippen molar-refractivity contribution in [2.24, 2.45) is 0 Å². The fraction of sp³-hybridized carbons (Fsp3) is 0.350. The lowest BCUT2D eigenvalue weighted by atomic mass is 10.2. The molecule has 9 heteroatoms. The first kappa shape index (κ1) is 19.2. The van der Waals surface area contributed by atoms with E-state index in [1.165, 1.54) is 0 Å². The monoisotopic (exact) mass is 396 g/mol. The highest BCUT2D eigenvalue weighted by atomic mass is 16.5. The van der Waals surface area contributed by atoms with E-state index in [-0.39, 0.29) is 18.7 Å². The van der Waals surface area contributed by atoms with Crippen LogP contribution in [0.4, 0.5) is 16.3 Å². The SMILES string of the molecule is CC(CO)NC(=O)Nc1ccc(-c2nc(N3CCOCC3)c3cccn3n2)cc1. The van der Waals surface area contributed by atoms with Gasteiger partial charge in [0.05, 0.1) is 25.9 Å².